The monoisotopic (exact) mass is 482 g/mol. The molecule has 3 aromatic heterocycles. The fourth-order valence-electron chi connectivity index (χ4n) is 3.50. The second-order valence-electron chi connectivity index (χ2n) is 8.40. The van der Waals surface area contributed by atoms with Crippen LogP contribution >= 0.6 is 15.9 Å². The number of amides is 1. The number of pyridine rings is 2. The van der Waals surface area contributed by atoms with Crippen LogP contribution in [0.5, 0.6) is 0 Å². The first-order valence-electron chi connectivity index (χ1n) is 10.0. The Kier molecular flexibility index (Phi) is 5.58. The summed E-state index contributed by atoms with van der Waals surface area (Å²) in [6, 6.07) is 8.12. The Morgan fingerprint density at radius 3 is 2.52 bits per heavy atom. The van der Waals surface area contributed by atoms with Gasteiger partial charge in [-0.15, -0.1) is 0 Å². The molecule has 3 aromatic rings. The van der Waals surface area contributed by atoms with Gasteiger partial charge < -0.3 is 14.5 Å². The number of halogens is 1. The average Bonchev–Trinajstić information content (AvgIpc) is 3.16. The van der Waals surface area contributed by atoms with E-state index in [4.69, 9.17) is 4.74 Å². The van der Waals surface area contributed by atoms with E-state index in [0.29, 0.717) is 31.7 Å². The quantitative estimate of drug-likeness (QED) is 0.546. The summed E-state index contributed by atoms with van der Waals surface area (Å²) in [6.45, 7) is 8.22. The van der Waals surface area contributed by atoms with Crippen LogP contribution in [0.1, 0.15) is 26.3 Å². The highest BCUT2D eigenvalue weighted by Gasteiger charge is 2.26. The molecule has 0 saturated carbocycles. The lowest BCUT2D eigenvalue weighted by molar-refractivity contribution is 0.0240. The van der Waals surface area contributed by atoms with E-state index in [1.54, 1.807) is 15.6 Å². The normalized spacial score (nSPS) is 14.5. The number of hydrogen-bond donors (Lipinski definition) is 0. The highest BCUT2D eigenvalue weighted by molar-refractivity contribution is 9.10. The summed E-state index contributed by atoms with van der Waals surface area (Å²) >= 11 is 3.55. The fraction of sp³-hybridized carbons (Fsp3) is 0.364. The summed E-state index contributed by atoms with van der Waals surface area (Å²) in [4.78, 5) is 20.8. The highest BCUT2D eigenvalue weighted by atomic mass is 79.9. The minimum Gasteiger partial charge on any atom is -0.444 e. The molecule has 160 valence electrons. The smallest absolute Gasteiger partial charge is 0.410 e. The molecule has 0 bridgehead atoms. The zero-order valence-corrected chi connectivity index (χ0v) is 19.3. The van der Waals surface area contributed by atoms with E-state index >= 15 is 0 Å². The molecule has 31 heavy (non-hydrogen) atoms. The van der Waals surface area contributed by atoms with Gasteiger partial charge in [-0.05, 0) is 54.9 Å². The minimum atomic E-state index is -0.490. The maximum absolute atomic E-state index is 12.2. The molecule has 1 saturated heterocycles. The lowest BCUT2D eigenvalue weighted by Gasteiger charge is -2.36. The van der Waals surface area contributed by atoms with Crippen molar-refractivity contribution < 1.29 is 9.53 Å². The first-order valence-corrected chi connectivity index (χ1v) is 10.8. The minimum absolute atomic E-state index is 0.269. The van der Waals surface area contributed by atoms with Gasteiger partial charge in [-0.3, -0.25) is 0 Å². The van der Waals surface area contributed by atoms with Crippen molar-refractivity contribution in [2.75, 3.05) is 31.1 Å². The molecule has 1 amide bonds. The zero-order chi connectivity index (χ0) is 22.2. The Hall–Kier alpha value is -3.12. The van der Waals surface area contributed by atoms with E-state index in [2.05, 4.69) is 37.0 Å². The van der Waals surface area contributed by atoms with Crippen molar-refractivity contribution in [3.63, 3.8) is 0 Å². The molecule has 8 nitrogen and oxygen atoms in total. The summed E-state index contributed by atoms with van der Waals surface area (Å²) < 4.78 is 7.96. The number of ether oxygens (including phenoxy) is 1. The van der Waals surface area contributed by atoms with Crippen LogP contribution < -0.4 is 4.90 Å². The molecule has 0 aromatic carbocycles. The van der Waals surface area contributed by atoms with Gasteiger partial charge in [-0.1, -0.05) is 0 Å². The van der Waals surface area contributed by atoms with Crippen molar-refractivity contribution in [2.24, 2.45) is 0 Å². The predicted octanol–water partition coefficient (Wildman–Crippen LogP) is 4.09. The number of anilines is 1. The molecule has 0 spiro atoms. The average molecular weight is 483 g/mol. The van der Waals surface area contributed by atoms with Crippen molar-refractivity contribution in [3.8, 4) is 17.2 Å². The summed E-state index contributed by atoms with van der Waals surface area (Å²) in [5.74, 6) is 0.874. The van der Waals surface area contributed by atoms with Crippen LogP contribution in [0.4, 0.5) is 10.6 Å². The summed E-state index contributed by atoms with van der Waals surface area (Å²) in [5, 5.41) is 13.5. The summed E-state index contributed by atoms with van der Waals surface area (Å²) in [7, 11) is 0. The van der Waals surface area contributed by atoms with Gasteiger partial charge in [-0.25, -0.2) is 14.3 Å². The molecule has 0 aliphatic carbocycles. The Morgan fingerprint density at radius 2 is 1.90 bits per heavy atom. The van der Waals surface area contributed by atoms with Crippen LogP contribution in [0.15, 0.2) is 41.3 Å². The summed E-state index contributed by atoms with van der Waals surface area (Å²) in [5.41, 5.74) is 2.68. The number of fused-ring (bicyclic) bond motifs is 1. The zero-order valence-electron chi connectivity index (χ0n) is 17.7. The maximum Gasteiger partial charge on any atom is 0.410 e. The van der Waals surface area contributed by atoms with Gasteiger partial charge in [0.15, 0.2) is 0 Å². The summed E-state index contributed by atoms with van der Waals surface area (Å²) in [6.07, 6.45) is 5.01. The van der Waals surface area contributed by atoms with Crippen molar-refractivity contribution in [2.45, 2.75) is 26.4 Å². The number of hydrogen-bond acceptors (Lipinski definition) is 6. The molecule has 1 aliphatic heterocycles. The molecule has 0 radical (unpaired) electrons. The van der Waals surface area contributed by atoms with Gasteiger partial charge in [0.1, 0.15) is 17.5 Å². The molecule has 4 heterocycles. The molecular weight excluding hydrogens is 460 g/mol. The van der Waals surface area contributed by atoms with E-state index in [1.807, 2.05) is 51.4 Å². The standard InChI is InChI=1S/C22H23BrN6O2/c1-22(2,3)31-21(30)28-8-6-27(7-9-28)19-5-4-15(12-25-19)16-10-18(23)20-17(11-24)13-26-29(20)14-16/h4-5,10,12-14H,6-9H2,1-3H3. The number of nitrogens with zero attached hydrogens (tertiary/aromatic N) is 6. The van der Waals surface area contributed by atoms with Crippen molar-refractivity contribution in [1.29, 1.82) is 5.26 Å². The lowest BCUT2D eigenvalue weighted by atomic mass is 10.1. The number of nitriles is 1. The number of aromatic nitrogens is 3. The van der Waals surface area contributed by atoms with Crippen LogP contribution in [0.2, 0.25) is 0 Å². The van der Waals surface area contributed by atoms with Gasteiger partial charge in [0.25, 0.3) is 0 Å². The van der Waals surface area contributed by atoms with E-state index < -0.39 is 5.60 Å². The Labute approximate surface area is 189 Å². The van der Waals surface area contributed by atoms with Crippen molar-refractivity contribution in [1.82, 2.24) is 19.5 Å². The van der Waals surface area contributed by atoms with Crippen LogP contribution in [0.25, 0.3) is 16.6 Å². The molecule has 0 N–H and O–H groups in total. The Morgan fingerprint density at radius 1 is 1.16 bits per heavy atom. The first kappa shape index (κ1) is 21.1. The van der Waals surface area contributed by atoms with E-state index in [0.717, 1.165) is 26.9 Å². The number of carbonyl (C=O) groups excluding carboxylic acids is 1. The molecule has 0 unspecified atom stereocenters. The molecule has 0 atom stereocenters. The van der Waals surface area contributed by atoms with E-state index in [9.17, 15) is 10.1 Å². The highest BCUT2D eigenvalue weighted by Crippen LogP contribution is 2.29. The third-order valence-corrected chi connectivity index (χ3v) is 5.63. The SMILES string of the molecule is CC(C)(C)OC(=O)N1CCN(c2ccc(-c3cc(Br)c4c(C#N)cnn4c3)cn2)CC1. The van der Waals surface area contributed by atoms with Crippen LogP contribution in [-0.4, -0.2) is 57.4 Å². The third kappa shape index (κ3) is 4.49. The van der Waals surface area contributed by atoms with E-state index in [1.165, 1.54) is 0 Å². The van der Waals surface area contributed by atoms with Gasteiger partial charge in [0, 0.05) is 54.2 Å². The number of piperazine rings is 1. The molecule has 4 rings (SSSR count). The van der Waals surface area contributed by atoms with Crippen LogP contribution in [0, 0.1) is 11.3 Å². The number of rotatable bonds is 2. The van der Waals surface area contributed by atoms with Crippen LogP contribution in [0.3, 0.4) is 0 Å². The Bertz CT molecular complexity index is 1150. The lowest BCUT2D eigenvalue weighted by Crippen LogP contribution is -2.50. The number of carbonyl (C=O) groups is 1. The van der Waals surface area contributed by atoms with Gasteiger partial charge in [0.2, 0.25) is 0 Å². The third-order valence-electron chi connectivity index (χ3n) is 5.02. The molecular formula is C22H23BrN6O2. The first-order chi connectivity index (χ1) is 14.7. The fourth-order valence-corrected chi connectivity index (χ4v) is 4.14. The molecule has 1 fully saturated rings. The van der Waals surface area contributed by atoms with Gasteiger partial charge in [0.05, 0.1) is 17.3 Å². The molecule has 1 aliphatic rings. The molecule has 9 heteroatoms. The largest absolute Gasteiger partial charge is 0.444 e. The second kappa shape index (κ2) is 8.19. The van der Waals surface area contributed by atoms with Crippen molar-refractivity contribution >= 4 is 33.4 Å². The van der Waals surface area contributed by atoms with E-state index in [-0.39, 0.29) is 6.09 Å². The van der Waals surface area contributed by atoms with Gasteiger partial charge in [-0.2, -0.15) is 10.4 Å². The topological polar surface area (TPSA) is 86.8 Å². The predicted molar refractivity (Wildman–Crippen MR) is 121 cm³/mol. The van der Waals surface area contributed by atoms with Crippen LogP contribution in [-0.2, 0) is 4.74 Å². The Balaban J connectivity index is 1.45. The van der Waals surface area contributed by atoms with Crippen molar-refractivity contribution in [3.05, 3.63) is 46.8 Å². The van der Waals surface area contributed by atoms with Gasteiger partial charge >= 0.3 is 6.09 Å². The second-order valence-corrected chi connectivity index (χ2v) is 9.25. The maximum atomic E-state index is 12.2.